The van der Waals surface area contributed by atoms with E-state index in [9.17, 15) is 0 Å². The van der Waals surface area contributed by atoms with Crippen LogP contribution in [0.2, 0.25) is 0 Å². The van der Waals surface area contributed by atoms with Crippen LogP contribution in [0.15, 0.2) is 36.4 Å². The van der Waals surface area contributed by atoms with Gasteiger partial charge in [-0.3, -0.25) is 4.68 Å². The van der Waals surface area contributed by atoms with Crippen LogP contribution in [0.1, 0.15) is 31.9 Å². The summed E-state index contributed by atoms with van der Waals surface area (Å²) < 4.78 is 1.81. The van der Waals surface area contributed by atoms with Crippen molar-refractivity contribution in [2.75, 3.05) is 5.84 Å². The van der Waals surface area contributed by atoms with Crippen LogP contribution in [0.3, 0.4) is 0 Å². The molecule has 0 radical (unpaired) electrons. The minimum absolute atomic E-state index is 0.107. The van der Waals surface area contributed by atoms with E-state index in [1.807, 2.05) is 4.68 Å². The van der Waals surface area contributed by atoms with E-state index in [0.29, 0.717) is 0 Å². The molecule has 2 nitrogen and oxygen atoms in total. The fourth-order valence-electron chi connectivity index (χ4n) is 2.94. The maximum absolute atomic E-state index is 6.27. The first-order valence-corrected chi connectivity index (χ1v) is 6.69. The zero-order chi connectivity index (χ0) is 13.8. The molecule has 0 aliphatic carbocycles. The van der Waals surface area contributed by atoms with Gasteiger partial charge in [0.05, 0.1) is 11.0 Å². The predicted octanol–water partition coefficient (Wildman–Crippen LogP) is 4.11. The third kappa shape index (κ3) is 1.63. The monoisotopic (exact) mass is 252 g/mol. The van der Waals surface area contributed by atoms with Gasteiger partial charge in [0.25, 0.3) is 0 Å². The summed E-state index contributed by atoms with van der Waals surface area (Å²) in [6, 6.07) is 12.7. The zero-order valence-corrected chi connectivity index (χ0v) is 12.0. The topological polar surface area (TPSA) is 30.9 Å². The number of hydrogen-bond acceptors (Lipinski definition) is 1. The first kappa shape index (κ1) is 12.1. The third-order valence-corrected chi connectivity index (χ3v) is 3.87. The molecule has 1 heterocycles. The summed E-state index contributed by atoms with van der Waals surface area (Å²) in [5, 5.41) is 2.58. The Morgan fingerprint density at radius 3 is 2.11 bits per heavy atom. The molecule has 19 heavy (non-hydrogen) atoms. The number of fused-ring (bicyclic) bond motifs is 3. The van der Waals surface area contributed by atoms with Crippen molar-refractivity contribution in [1.29, 1.82) is 0 Å². The maximum atomic E-state index is 6.27. The van der Waals surface area contributed by atoms with Gasteiger partial charge in [0, 0.05) is 10.8 Å². The number of rotatable bonds is 0. The van der Waals surface area contributed by atoms with Gasteiger partial charge in [-0.05, 0) is 35.6 Å². The van der Waals surface area contributed by atoms with Crippen LogP contribution >= 0.6 is 0 Å². The molecule has 1 aromatic heterocycles. The molecule has 2 aromatic carbocycles. The molecule has 0 atom stereocenters. The zero-order valence-electron chi connectivity index (χ0n) is 12.0. The smallest absolute Gasteiger partial charge is 0.0706 e. The highest BCUT2D eigenvalue weighted by molar-refractivity contribution is 6.11. The van der Waals surface area contributed by atoms with Crippen molar-refractivity contribution >= 4 is 21.8 Å². The summed E-state index contributed by atoms with van der Waals surface area (Å²) in [5.41, 5.74) is 4.95. The van der Waals surface area contributed by atoms with Gasteiger partial charge in [-0.15, -0.1) is 0 Å². The van der Waals surface area contributed by atoms with Gasteiger partial charge in [-0.2, -0.15) is 0 Å². The second-order valence-corrected chi connectivity index (χ2v) is 6.29. The number of nitrogens with zero attached hydrogens (tertiary/aromatic N) is 1. The molecule has 3 aromatic rings. The molecule has 0 aliphatic rings. The van der Waals surface area contributed by atoms with Gasteiger partial charge in [0.15, 0.2) is 0 Å². The van der Waals surface area contributed by atoms with E-state index in [4.69, 9.17) is 5.84 Å². The van der Waals surface area contributed by atoms with Crippen LogP contribution in [-0.2, 0) is 5.41 Å². The average Bonchev–Trinajstić information content (AvgIpc) is 2.64. The lowest BCUT2D eigenvalue weighted by molar-refractivity contribution is 0.596. The van der Waals surface area contributed by atoms with E-state index in [-0.39, 0.29) is 5.41 Å². The Hall–Kier alpha value is -1.96. The largest absolute Gasteiger partial charge is 0.339 e. The van der Waals surface area contributed by atoms with E-state index in [2.05, 4.69) is 64.1 Å². The molecular formula is C17H20N2. The van der Waals surface area contributed by atoms with Crippen molar-refractivity contribution in [2.24, 2.45) is 0 Å². The average molecular weight is 252 g/mol. The number of nitrogens with two attached hydrogens (primary N) is 1. The maximum Gasteiger partial charge on any atom is 0.0706 e. The molecule has 0 unspecified atom stereocenters. The molecule has 0 saturated carbocycles. The van der Waals surface area contributed by atoms with Gasteiger partial charge >= 0.3 is 0 Å². The van der Waals surface area contributed by atoms with Gasteiger partial charge < -0.3 is 5.84 Å². The van der Waals surface area contributed by atoms with Crippen LogP contribution in [0, 0.1) is 6.92 Å². The molecule has 98 valence electrons. The Balaban J connectivity index is 2.63. The van der Waals surface area contributed by atoms with Crippen LogP contribution in [0.4, 0.5) is 0 Å². The molecule has 0 fully saturated rings. The van der Waals surface area contributed by atoms with Crippen molar-refractivity contribution in [1.82, 2.24) is 4.68 Å². The van der Waals surface area contributed by atoms with E-state index in [0.717, 1.165) is 11.0 Å². The Bertz CT molecular complexity index is 773. The van der Waals surface area contributed by atoms with Crippen LogP contribution < -0.4 is 5.84 Å². The molecule has 0 saturated heterocycles. The summed E-state index contributed by atoms with van der Waals surface area (Å²) in [5.74, 6) is 6.27. The minimum Gasteiger partial charge on any atom is -0.339 e. The number of nitrogen functional groups attached to an aromatic ring is 1. The Kier molecular flexibility index (Phi) is 2.40. The summed E-state index contributed by atoms with van der Waals surface area (Å²) in [7, 11) is 0. The van der Waals surface area contributed by atoms with Gasteiger partial charge in [0.1, 0.15) is 0 Å². The van der Waals surface area contributed by atoms with Crippen molar-refractivity contribution in [3.63, 3.8) is 0 Å². The lowest BCUT2D eigenvalue weighted by Crippen LogP contribution is -2.12. The van der Waals surface area contributed by atoms with E-state index in [1.165, 1.54) is 21.9 Å². The predicted molar refractivity (Wildman–Crippen MR) is 83.0 cm³/mol. The highest BCUT2D eigenvalue weighted by Crippen LogP contribution is 2.37. The Morgan fingerprint density at radius 1 is 0.895 bits per heavy atom. The quantitative estimate of drug-likeness (QED) is 0.600. The van der Waals surface area contributed by atoms with E-state index >= 15 is 0 Å². The summed E-state index contributed by atoms with van der Waals surface area (Å²) in [6.07, 6.45) is 0. The molecule has 0 aliphatic heterocycles. The molecular weight excluding hydrogens is 232 g/mol. The first-order chi connectivity index (χ1) is 8.91. The number of aryl methyl sites for hydroxylation is 1. The summed E-state index contributed by atoms with van der Waals surface area (Å²) in [4.78, 5) is 0. The van der Waals surface area contributed by atoms with Gasteiger partial charge in [-0.1, -0.05) is 45.0 Å². The van der Waals surface area contributed by atoms with Crippen LogP contribution in [0.5, 0.6) is 0 Å². The Labute approximate surface area is 113 Å². The normalized spacial score (nSPS) is 12.4. The number of hydrogen-bond donors (Lipinski definition) is 1. The molecule has 2 heteroatoms. The molecule has 0 bridgehead atoms. The van der Waals surface area contributed by atoms with E-state index < -0.39 is 0 Å². The van der Waals surface area contributed by atoms with Crippen molar-refractivity contribution in [3.05, 3.63) is 47.5 Å². The fraction of sp³-hybridized carbons (Fsp3) is 0.294. The molecule has 2 N–H and O–H groups in total. The second kappa shape index (κ2) is 3.77. The molecule has 0 spiro atoms. The highest BCUT2D eigenvalue weighted by Gasteiger charge is 2.21. The van der Waals surface area contributed by atoms with Crippen molar-refractivity contribution in [3.8, 4) is 0 Å². The molecule has 0 amide bonds. The van der Waals surface area contributed by atoms with Crippen LogP contribution in [0.25, 0.3) is 21.8 Å². The fourth-order valence-corrected chi connectivity index (χ4v) is 2.94. The first-order valence-electron chi connectivity index (χ1n) is 6.69. The lowest BCUT2D eigenvalue weighted by Gasteiger charge is -2.20. The number of benzene rings is 2. The Morgan fingerprint density at radius 2 is 1.47 bits per heavy atom. The van der Waals surface area contributed by atoms with Crippen molar-refractivity contribution < 1.29 is 0 Å². The van der Waals surface area contributed by atoms with Crippen molar-refractivity contribution in [2.45, 2.75) is 33.1 Å². The highest BCUT2D eigenvalue weighted by atomic mass is 15.3. The molecule has 3 rings (SSSR count). The van der Waals surface area contributed by atoms with E-state index in [1.54, 1.807) is 0 Å². The SMILES string of the molecule is Cc1cccc2c1c1c(C(C)(C)C)cccc1n2N. The lowest BCUT2D eigenvalue weighted by atomic mass is 9.84. The second-order valence-electron chi connectivity index (χ2n) is 6.29. The third-order valence-electron chi connectivity index (χ3n) is 3.87. The van der Waals surface area contributed by atoms with Gasteiger partial charge in [0.2, 0.25) is 0 Å². The number of aromatic nitrogens is 1. The van der Waals surface area contributed by atoms with Crippen LogP contribution in [-0.4, -0.2) is 4.68 Å². The standard InChI is InChI=1S/C17H20N2/c1-11-7-5-9-13-15(11)16-12(17(2,3)4)8-6-10-14(16)19(13)18/h5-10H,18H2,1-4H3. The summed E-state index contributed by atoms with van der Waals surface area (Å²) in [6.45, 7) is 8.90. The minimum atomic E-state index is 0.107. The van der Waals surface area contributed by atoms with Gasteiger partial charge in [-0.25, -0.2) is 0 Å². The summed E-state index contributed by atoms with van der Waals surface area (Å²) >= 11 is 0.